The van der Waals surface area contributed by atoms with Crippen LogP contribution in [0, 0.1) is 0 Å². The molecule has 0 saturated carbocycles. The molecule has 1 saturated heterocycles. The number of rotatable bonds is 28. The zero-order chi connectivity index (χ0) is 34.5. The summed E-state index contributed by atoms with van der Waals surface area (Å²) in [6.07, 6.45) is 22.0. The first-order chi connectivity index (χ1) is 22.8. The molecule has 272 valence electrons. The van der Waals surface area contributed by atoms with Gasteiger partial charge in [0.05, 0.1) is 13.2 Å². The monoisotopic (exact) mass is 668 g/mol. The molecular weight excluding hydrogens is 604 g/mol. The maximum Gasteiger partial charge on any atom is 0.306 e. The van der Waals surface area contributed by atoms with Crippen LogP contribution in [0.4, 0.5) is 0 Å². The summed E-state index contributed by atoms with van der Waals surface area (Å²) >= 11 is 0. The van der Waals surface area contributed by atoms with E-state index in [4.69, 9.17) is 18.9 Å². The van der Waals surface area contributed by atoms with Crippen molar-refractivity contribution in [3.63, 3.8) is 0 Å². The first kappa shape index (κ1) is 42.9. The van der Waals surface area contributed by atoms with Crippen LogP contribution in [0.1, 0.15) is 129 Å². The van der Waals surface area contributed by atoms with Crippen LogP contribution in [0.15, 0.2) is 36.5 Å². The van der Waals surface area contributed by atoms with Gasteiger partial charge >= 0.3 is 11.9 Å². The molecule has 47 heavy (non-hydrogen) atoms. The standard InChI is InChI=1S/C37H64O10/c1-3-5-7-9-10-11-12-13-14-15-16-17-18-19-20-22-24-26-33(40)46-30(28-44-32(39)25-23-21-8-6-4-2)29-45-37-36(43)35(42)34(41)31(27-38)47-37/h5,7,10-11,13-14,30-31,34-38,41-43H,3-4,6,8-9,12,15-29H2,1-2H3/b7-5-,11-10-,14-13-. The third-order valence-electron chi connectivity index (χ3n) is 8.04. The Kier molecular flexibility index (Phi) is 26.4. The zero-order valence-electron chi connectivity index (χ0n) is 29.0. The maximum atomic E-state index is 12.6. The number of aliphatic hydroxyl groups excluding tert-OH is 4. The van der Waals surface area contributed by atoms with Gasteiger partial charge in [0.25, 0.3) is 0 Å². The maximum absolute atomic E-state index is 12.6. The van der Waals surface area contributed by atoms with E-state index in [0.717, 1.165) is 77.0 Å². The van der Waals surface area contributed by atoms with Gasteiger partial charge in [0.15, 0.2) is 12.4 Å². The number of unbranched alkanes of at least 4 members (excludes halogenated alkanes) is 11. The van der Waals surface area contributed by atoms with Crippen molar-refractivity contribution in [1.82, 2.24) is 0 Å². The lowest BCUT2D eigenvalue weighted by atomic mass is 9.99. The average molecular weight is 669 g/mol. The molecule has 0 aromatic rings. The normalized spacial score (nSPS) is 22.4. The predicted molar refractivity (Wildman–Crippen MR) is 182 cm³/mol. The molecule has 6 atom stereocenters. The van der Waals surface area contributed by atoms with Gasteiger partial charge in [-0.3, -0.25) is 9.59 Å². The number of carbonyl (C=O) groups excluding carboxylic acids is 2. The van der Waals surface area contributed by atoms with E-state index in [1.807, 2.05) is 0 Å². The number of ether oxygens (including phenoxy) is 4. The Labute approximate surface area is 283 Å². The fourth-order valence-electron chi connectivity index (χ4n) is 5.14. The molecule has 1 rings (SSSR count). The van der Waals surface area contributed by atoms with Crippen LogP contribution in [-0.2, 0) is 28.5 Å². The van der Waals surface area contributed by atoms with E-state index in [-0.39, 0.29) is 26.1 Å². The van der Waals surface area contributed by atoms with Crippen LogP contribution < -0.4 is 0 Å². The van der Waals surface area contributed by atoms with E-state index in [2.05, 4.69) is 50.3 Å². The fourth-order valence-corrected chi connectivity index (χ4v) is 5.14. The summed E-state index contributed by atoms with van der Waals surface area (Å²) < 4.78 is 21.9. The van der Waals surface area contributed by atoms with Crippen molar-refractivity contribution in [2.75, 3.05) is 19.8 Å². The van der Waals surface area contributed by atoms with E-state index in [1.165, 1.54) is 19.3 Å². The van der Waals surface area contributed by atoms with Gasteiger partial charge in [0, 0.05) is 12.8 Å². The Bertz CT molecular complexity index is 871. The number of aliphatic hydroxyl groups is 4. The minimum absolute atomic E-state index is 0.218. The Morgan fingerprint density at radius 1 is 0.681 bits per heavy atom. The lowest BCUT2D eigenvalue weighted by Gasteiger charge is -2.39. The van der Waals surface area contributed by atoms with Gasteiger partial charge in [-0.2, -0.15) is 0 Å². The summed E-state index contributed by atoms with van der Waals surface area (Å²) in [6.45, 7) is 3.17. The molecule has 0 spiro atoms. The quantitative estimate of drug-likeness (QED) is 0.0445. The fraction of sp³-hybridized carbons (Fsp3) is 0.784. The van der Waals surface area contributed by atoms with Gasteiger partial charge in [0.2, 0.25) is 0 Å². The van der Waals surface area contributed by atoms with Crippen molar-refractivity contribution in [1.29, 1.82) is 0 Å². The first-order valence-corrected chi connectivity index (χ1v) is 18.1. The lowest BCUT2D eigenvalue weighted by molar-refractivity contribution is -0.305. The van der Waals surface area contributed by atoms with Crippen molar-refractivity contribution in [3.8, 4) is 0 Å². The van der Waals surface area contributed by atoms with Gasteiger partial charge in [0.1, 0.15) is 31.0 Å². The Morgan fingerprint density at radius 2 is 1.26 bits per heavy atom. The molecule has 0 radical (unpaired) electrons. The lowest BCUT2D eigenvalue weighted by Crippen LogP contribution is -2.59. The molecule has 4 N–H and O–H groups in total. The highest BCUT2D eigenvalue weighted by atomic mass is 16.7. The highest BCUT2D eigenvalue weighted by Crippen LogP contribution is 2.22. The second kappa shape index (κ2) is 28.9. The molecule has 0 aromatic carbocycles. The third-order valence-corrected chi connectivity index (χ3v) is 8.04. The molecule has 1 fully saturated rings. The zero-order valence-corrected chi connectivity index (χ0v) is 29.0. The van der Waals surface area contributed by atoms with E-state index < -0.39 is 55.4 Å². The van der Waals surface area contributed by atoms with Crippen molar-refractivity contribution >= 4 is 11.9 Å². The average Bonchev–Trinajstić information content (AvgIpc) is 3.06. The third kappa shape index (κ3) is 21.5. The van der Waals surface area contributed by atoms with Crippen molar-refractivity contribution in [3.05, 3.63) is 36.5 Å². The molecule has 6 unspecified atom stereocenters. The molecule has 0 aromatic heterocycles. The Morgan fingerprint density at radius 3 is 1.89 bits per heavy atom. The van der Waals surface area contributed by atoms with Gasteiger partial charge in [-0.25, -0.2) is 0 Å². The highest BCUT2D eigenvalue weighted by Gasteiger charge is 2.44. The van der Waals surface area contributed by atoms with Crippen LogP contribution in [0.25, 0.3) is 0 Å². The summed E-state index contributed by atoms with van der Waals surface area (Å²) in [5.74, 6) is -0.836. The number of carbonyl (C=O) groups is 2. The van der Waals surface area contributed by atoms with E-state index in [9.17, 15) is 30.0 Å². The SMILES string of the molecule is CC/C=C\C/C=C\C/C=C\CCCCCCCCCC(=O)OC(COC(=O)CCCCCCC)COC1OC(CO)C(O)C(O)C1O. The van der Waals surface area contributed by atoms with Crippen LogP contribution in [0.5, 0.6) is 0 Å². The Hall–Kier alpha value is -2.08. The number of esters is 2. The van der Waals surface area contributed by atoms with Gasteiger partial charge < -0.3 is 39.4 Å². The van der Waals surface area contributed by atoms with Gasteiger partial charge in [-0.05, 0) is 44.9 Å². The minimum atomic E-state index is -1.59. The summed E-state index contributed by atoms with van der Waals surface area (Å²) in [6, 6.07) is 0. The Balaban J connectivity index is 2.35. The number of allylic oxidation sites excluding steroid dienone is 6. The summed E-state index contributed by atoms with van der Waals surface area (Å²) in [4.78, 5) is 24.9. The molecule has 1 aliphatic rings. The minimum Gasteiger partial charge on any atom is -0.462 e. The van der Waals surface area contributed by atoms with Crippen LogP contribution in [-0.4, -0.2) is 89.0 Å². The smallest absolute Gasteiger partial charge is 0.306 e. The molecule has 10 heteroatoms. The summed E-state index contributed by atoms with van der Waals surface area (Å²) in [7, 11) is 0. The number of hydrogen-bond acceptors (Lipinski definition) is 10. The van der Waals surface area contributed by atoms with Crippen molar-refractivity contribution in [2.45, 2.75) is 166 Å². The second-order valence-corrected chi connectivity index (χ2v) is 12.3. The molecule has 1 aliphatic heterocycles. The van der Waals surface area contributed by atoms with Crippen LogP contribution in [0.3, 0.4) is 0 Å². The van der Waals surface area contributed by atoms with Crippen molar-refractivity contribution < 1.29 is 49.0 Å². The summed E-state index contributed by atoms with van der Waals surface area (Å²) in [5.41, 5.74) is 0. The van der Waals surface area contributed by atoms with Crippen LogP contribution in [0.2, 0.25) is 0 Å². The summed E-state index contributed by atoms with van der Waals surface area (Å²) in [5, 5.41) is 39.7. The predicted octanol–water partition coefficient (Wildman–Crippen LogP) is 5.99. The van der Waals surface area contributed by atoms with Crippen LogP contribution >= 0.6 is 0 Å². The molecule has 0 bridgehead atoms. The molecule has 0 amide bonds. The van der Waals surface area contributed by atoms with E-state index in [0.29, 0.717) is 6.42 Å². The van der Waals surface area contributed by atoms with E-state index >= 15 is 0 Å². The topological polar surface area (TPSA) is 152 Å². The molecule has 10 nitrogen and oxygen atoms in total. The molecule has 1 heterocycles. The molecule has 0 aliphatic carbocycles. The highest BCUT2D eigenvalue weighted by molar-refractivity contribution is 5.70. The van der Waals surface area contributed by atoms with E-state index in [1.54, 1.807) is 0 Å². The molecular formula is C37H64O10. The largest absolute Gasteiger partial charge is 0.462 e. The van der Waals surface area contributed by atoms with Gasteiger partial charge in [-0.15, -0.1) is 0 Å². The number of hydrogen-bond donors (Lipinski definition) is 4. The van der Waals surface area contributed by atoms with Crippen molar-refractivity contribution in [2.24, 2.45) is 0 Å². The second-order valence-electron chi connectivity index (χ2n) is 12.3. The van der Waals surface area contributed by atoms with Gasteiger partial charge in [-0.1, -0.05) is 108 Å². The first-order valence-electron chi connectivity index (χ1n) is 18.1.